The van der Waals surface area contributed by atoms with Crippen LogP contribution in [0.4, 0.5) is 5.69 Å². The number of anilines is 1. The smallest absolute Gasteiger partial charge is 0.335 e. The fraction of sp³-hybridized carbons (Fsp3) is 0.235. The second kappa shape index (κ2) is 6.66. The van der Waals surface area contributed by atoms with Crippen LogP contribution in [0.3, 0.4) is 0 Å². The van der Waals surface area contributed by atoms with Gasteiger partial charge in [-0.25, -0.2) is 4.79 Å². The summed E-state index contributed by atoms with van der Waals surface area (Å²) in [5, 5.41) is 12.3. The maximum absolute atomic E-state index is 11.0. The number of benzene rings is 2. The topological polar surface area (TPSA) is 58.6 Å². The molecule has 0 fully saturated rings. The minimum Gasteiger partial charge on any atom is -0.544 e. The SMILES string of the molecule is C[Si](C)(C)Oc1cccc(NCc2cccc(C(=O)O)c2)c1. The van der Waals surface area contributed by atoms with Gasteiger partial charge in [0.1, 0.15) is 5.75 Å². The van der Waals surface area contributed by atoms with Crippen LogP contribution in [-0.2, 0) is 6.54 Å². The fourth-order valence-electron chi connectivity index (χ4n) is 2.04. The average Bonchev–Trinajstić information content (AvgIpc) is 2.44. The second-order valence-electron chi connectivity index (χ2n) is 6.10. The third-order valence-electron chi connectivity index (χ3n) is 2.93. The highest BCUT2D eigenvalue weighted by atomic mass is 28.4. The van der Waals surface area contributed by atoms with E-state index in [9.17, 15) is 4.79 Å². The van der Waals surface area contributed by atoms with Gasteiger partial charge in [-0.1, -0.05) is 18.2 Å². The number of hydrogen-bond donors (Lipinski definition) is 2. The van der Waals surface area contributed by atoms with Crippen molar-refractivity contribution in [2.24, 2.45) is 0 Å². The van der Waals surface area contributed by atoms with Crippen LogP contribution < -0.4 is 9.74 Å². The molecule has 0 aliphatic rings. The molecule has 5 heteroatoms. The molecule has 22 heavy (non-hydrogen) atoms. The van der Waals surface area contributed by atoms with E-state index >= 15 is 0 Å². The third kappa shape index (κ3) is 4.93. The number of rotatable bonds is 6. The number of carboxylic acid groups (broad SMARTS) is 1. The quantitative estimate of drug-likeness (QED) is 0.784. The van der Waals surface area contributed by atoms with Crippen molar-refractivity contribution in [1.82, 2.24) is 0 Å². The molecule has 2 aromatic rings. The molecule has 116 valence electrons. The van der Waals surface area contributed by atoms with Gasteiger partial charge >= 0.3 is 5.97 Å². The van der Waals surface area contributed by atoms with Crippen molar-refractivity contribution in [2.45, 2.75) is 26.2 Å². The Balaban J connectivity index is 2.04. The van der Waals surface area contributed by atoms with E-state index < -0.39 is 14.3 Å². The van der Waals surface area contributed by atoms with Crippen LogP contribution in [0.5, 0.6) is 5.75 Å². The summed E-state index contributed by atoms with van der Waals surface area (Å²) in [5.74, 6) is -0.0455. The van der Waals surface area contributed by atoms with Gasteiger partial charge in [-0.15, -0.1) is 0 Å². The molecule has 0 unspecified atom stereocenters. The normalized spacial score (nSPS) is 11.0. The van der Waals surface area contributed by atoms with Crippen molar-refractivity contribution >= 4 is 20.0 Å². The number of aromatic carboxylic acids is 1. The molecule has 0 radical (unpaired) electrons. The Labute approximate surface area is 131 Å². The minimum atomic E-state index is -1.62. The molecule has 0 aromatic heterocycles. The molecule has 0 amide bonds. The number of nitrogens with one attached hydrogen (secondary N) is 1. The van der Waals surface area contributed by atoms with E-state index in [0.29, 0.717) is 12.1 Å². The van der Waals surface area contributed by atoms with Crippen LogP contribution >= 0.6 is 0 Å². The van der Waals surface area contributed by atoms with E-state index in [2.05, 4.69) is 25.0 Å². The first-order valence-electron chi connectivity index (χ1n) is 7.19. The summed E-state index contributed by atoms with van der Waals surface area (Å²) in [6, 6.07) is 14.8. The van der Waals surface area contributed by atoms with Gasteiger partial charge < -0.3 is 14.8 Å². The molecular weight excluding hydrogens is 294 g/mol. The molecule has 0 bridgehead atoms. The lowest BCUT2D eigenvalue weighted by atomic mass is 10.1. The highest BCUT2D eigenvalue weighted by Crippen LogP contribution is 2.21. The molecule has 2 aromatic carbocycles. The summed E-state index contributed by atoms with van der Waals surface area (Å²) in [6.07, 6.45) is 0. The van der Waals surface area contributed by atoms with Crippen molar-refractivity contribution in [3.63, 3.8) is 0 Å². The van der Waals surface area contributed by atoms with E-state index in [1.165, 1.54) is 0 Å². The van der Waals surface area contributed by atoms with E-state index in [0.717, 1.165) is 17.0 Å². The molecule has 4 nitrogen and oxygen atoms in total. The second-order valence-corrected chi connectivity index (χ2v) is 10.5. The van der Waals surface area contributed by atoms with E-state index in [1.54, 1.807) is 18.2 Å². The molecule has 0 saturated carbocycles. The summed E-state index contributed by atoms with van der Waals surface area (Å²) in [6.45, 7) is 7.00. The summed E-state index contributed by atoms with van der Waals surface area (Å²) in [7, 11) is -1.62. The van der Waals surface area contributed by atoms with Crippen LogP contribution in [0.1, 0.15) is 15.9 Å². The van der Waals surface area contributed by atoms with Gasteiger partial charge in [0.15, 0.2) is 0 Å². The maximum Gasteiger partial charge on any atom is 0.335 e. The zero-order valence-electron chi connectivity index (χ0n) is 13.1. The molecule has 0 aliphatic heterocycles. The molecule has 0 heterocycles. The lowest BCUT2D eigenvalue weighted by molar-refractivity contribution is 0.0696. The lowest BCUT2D eigenvalue weighted by Gasteiger charge is -2.19. The van der Waals surface area contributed by atoms with E-state index in [1.807, 2.05) is 30.3 Å². The summed E-state index contributed by atoms with van der Waals surface area (Å²) >= 11 is 0. The largest absolute Gasteiger partial charge is 0.544 e. The molecule has 2 N–H and O–H groups in total. The summed E-state index contributed by atoms with van der Waals surface area (Å²) in [5.41, 5.74) is 2.18. The van der Waals surface area contributed by atoms with Gasteiger partial charge in [-0.3, -0.25) is 0 Å². The molecule has 0 saturated heterocycles. The zero-order valence-corrected chi connectivity index (χ0v) is 14.1. The van der Waals surface area contributed by atoms with Crippen LogP contribution in [0.2, 0.25) is 19.6 Å². The number of carbonyl (C=O) groups is 1. The molecule has 2 rings (SSSR count). The van der Waals surface area contributed by atoms with Gasteiger partial charge in [-0.05, 0) is 49.5 Å². The Hall–Kier alpha value is -2.27. The van der Waals surface area contributed by atoms with Crippen molar-refractivity contribution in [3.05, 3.63) is 59.7 Å². The first-order chi connectivity index (χ1) is 10.3. The zero-order chi connectivity index (χ0) is 16.2. The van der Waals surface area contributed by atoms with Crippen LogP contribution in [0, 0.1) is 0 Å². The first-order valence-corrected chi connectivity index (χ1v) is 10.6. The Morgan fingerprint density at radius 1 is 1.14 bits per heavy atom. The average molecular weight is 315 g/mol. The number of hydrogen-bond acceptors (Lipinski definition) is 3. The van der Waals surface area contributed by atoms with Crippen LogP contribution in [0.25, 0.3) is 0 Å². The maximum atomic E-state index is 11.0. The van der Waals surface area contributed by atoms with Crippen molar-refractivity contribution in [1.29, 1.82) is 0 Å². The molecule has 0 atom stereocenters. The summed E-state index contributed by atoms with van der Waals surface area (Å²) < 4.78 is 5.97. The monoisotopic (exact) mass is 315 g/mol. The van der Waals surface area contributed by atoms with Crippen molar-refractivity contribution in [2.75, 3.05) is 5.32 Å². The molecular formula is C17H21NO3Si. The highest BCUT2D eigenvalue weighted by molar-refractivity contribution is 6.70. The molecule has 0 aliphatic carbocycles. The lowest BCUT2D eigenvalue weighted by Crippen LogP contribution is -2.29. The summed E-state index contributed by atoms with van der Waals surface area (Å²) in [4.78, 5) is 11.0. The van der Waals surface area contributed by atoms with Gasteiger partial charge in [0.25, 0.3) is 0 Å². The standard InChI is InChI=1S/C17H21NO3Si/c1-22(2,3)21-16-9-5-8-15(11-16)18-12-13-6-4-7-14(10-13)17(19)20/h4-11,18H,12H2,1-3H3,(H,19,20). The van der Waals surface area contributed by atoms with Gasteiger partial charge in [0, 0.05) is 18.3 Å². The Morgan fingerprint density at radius 2 is 1.86 bits per heavy atom. The third-order valence-corrected chi connectivity index (χ3v) is 3.78. The van der Waals surface area contributed by atoms with E-state index in [4.69, 9.17) is 9.53 Å². The number of carboxylic acids is 1. The molecule has 0 spiro atoms. The van der Waals surface area contributed by atoms with Crippen molar-refractivity contribution in [3.8, 4) is 5.75 Å². The van der Waals surface area contributed by atoms with Crippen LogP contribution in [-0.4, -0.2) is 19.4 Å². The minimum absolute atomic E-state index is 0.301. The van der Waals surface area contributed by atoms with Crippen LogP contribution in [0.15, 0.2) is 48.5 Å². The van der Waals surface area contributed by atoms with Gasteiger partial charge in [-0.2, -0.15) is 0 Å². The van der Waals surface area contributed by atoms with Gasteiger partial charge in [0.2, 0.25) is 8.32 Å². The predicted octanol–water partition coefficient (Wildman–Crippen LogP) is 4.21. The van der Waals surface area contributed by atoms with Crippen molar-refractivity contribution < 1.29 is 14.3 Å². The highest BCUT2D eigenvalue weighted by Gasteiger charge is 2.16. The first kappa shape index (κ1) is 16.1. The fourth-order valence-corrected chi connectivity index (χ4v) is 2.88. The Bertz CT molecular complexity index is 665. The predicted molar refractivity (Wildman–Crippen MR) is 91.1 cm³/mol. The Kier molecular flexibility index (Phi) is 4.87. The van der Waals surface area contributed by atoms with E-state index in [-0.39, 0.29) is 0 Å². The Morgan fingerprint density at radius 3 is 2.55 bits per heavy atom. The van der Waals surface area contributed by atoms with Gasteiger partial charge in [0.05, 0.1) is 5.56 Å².